The Morgan fingerprint density at radius 2 is 1.95 bits per heavy atom. The third-order valence-corrected chi connectivity index (χ3v) is 4.33. The van der Waals surface area contributed by atoms with Crippen molar-refractivity contribution in [2.45, 2.75) is 57.6 Å². The summed E-state index contributed by atoms with van der Waals surface area (Å²) in [7, 11) is 1.56. The number of H-pyrrole nitrogens is 1. The average Bonchev–Trinajstić information content (AvgIpc) is 2.88. The normalized spacial score (nSPS) is 16.8. The first-order chi connectivity index (χ1) is 9.35. The molecule has 1 fully saturated rings. The number of hydrogen-bond donors (Lipinski definition) is 1. The first-order valence-corrected chi connectivity index (χ1v) is 7.31. The largest absolute Gasteiger partial charge is 0.377 e. The quantitative estimate of drug-likeness (QED) is 0.868. The van der Waals surface area contributed by atoms with Gasteiger partial charge in [-0.25, -0.2) is 4.79 Å². The van der Waals surface area contributed by atoms with E-state index in [9.17, 15) is 9.59 Å². The van der Waals surface area contributed by atoms with E-state index >= 15 is 0 Å². The minimum absolute atomic E-state index is 0.156. The van der Waals surface area contributed by atoms with Gasteiger partial charge in [0.25, 0.3) is 5.56 Å². The van der Waals surface area contributed by atoms with Crippen LogP contribution >= 0.6 is 11.6 Å². The van der Waals surface area contributed by atoms with Crippen LogP contribution in [0.3, 0.4) is 0 Å². The molecule has 2 rings (SSSR count). The van der Waals surface area contributed by atoms with Crippen molar-refractivity contribution in [2.75, 3.05) is 7.11 Å². The van der Waals surface area contributed by atoms with Crippen LogP contribution < -0.4 is 11.2 Å². The van der Waals surface area contributed by atoms with Crippen LogP contribution in [0.1, 0.15) is 51.0 Å². The van der Waals surface area contributed by atoms with Gasteiger partial charge in [0, 0.05) is 7.11 Å². The van der Waals surface area contributed by atoms with E-state index in [0.29, 0.717) is 5.56 Å². The highest BCUT2D eigenvalue weighted by Crippen LogP contribution is 2.34. The molecule has 1 heterocycles. The second-order valence-electron chi connectivity index (χ2n) is 5.99. The van der Waals surface area contributed by atoms with Crippen molar-refractivity contribution in [2.24, 2.45) is 0 Å². The second-order valence-corrected chi connectivity index (χ2v) is 6.37. The molecule has 1 aromatic heterocycles. The number of nitrogens with one attached hydrogen (secondary N) is 1. The van der Waals surface area contributed by atoms with Crippen LogP contribution in [0.4, 0.5) is 0 Å². The third-order valence-electron chi connectivity index (χ3n) is 4.03. The second kappa shape index (κ2) is 5.74. The van der Waals surface area contributed by atoms with Gasteiger partial charge in [0.1, 0.15) is 5.15 Å². The Labute approximate surface area is 122 Å². The predicted molar refractivity (Wildman–Crippen MR) is 78.6 cm³/mol. The van der Waals surface area contributed by atoms with E-state index in [-0.39, 0.29) is 23.2 Å². The summed E-state index contributed by atoms with van der Waals surface area (Å²) in [5.41, 5.74) is -0.796. The van der Waals surface area contributed by atoms with Gasteiger partial charge in [-0.3, -0.25) is 14.3 Å². The van der Waals surface area contributed by atoms with Gasteiger partial charge in [-0.15, -0.1) is 0 Å². The van der Waals surface area contributed by atoms with Crippen LogP contribution in [0.15, 0.2) is 9.59 Å². The zero-order valence-corrected chi connectivity index (χ0v) is 12.9. The summed E-state index contributed by atoms with van der Waals surface area (Å²) in [6, 6.07) is 0. The third kappa shape index (κ3) is 2.99. The van der Waals surface area contributed by atoms with E-state index < -0.39 is 11.3 Å². The molecule has 20 heavy (non-hydrogen) atoms. The molecule has 112 valence electrons. The predicted octanol–water partition coefficient (Wildman–Crippen LogP) is 2.27. The van der Waals surface area contributed by atoms with Crippen molar-refractivity contribution < 1.29 is 4.74 Å². The SMILES string of the molecule is COC(C)(C)Cn1c(=O)[nH]c(Cl)c(C2CCCC2)c1=O. The Morgan fingerprint density at radius 1 is 1.35 bits per heavy atom. The minimum atomic E-state index is -0.586. The standard InChI is InChI=1S/C14H21ClN2O3/c1-14(2,20-3)8-17-12(18)10(9-6-4-5-7-9)11(15)16-13(17)19/h9H,4-8H2,1-3H3,(H,16,19). The van der Waals surface area contributed by atoms with E-state index in [0.717, 1.165) is 25.7 Å². The summed E-state index contributed by atoms with van der Waals surface area (Å²) in [6.07, 6.45) is 4.11. The van der Waals surface area contributed by atoms with Crippen LogP contribution in [-0.2, 0) is 11.3 Å². The van der Waals surface area contributed by atoms with Crippen molar-refractivity contribution in [3.05, 3.63) is 31.6 Å². The molecule has 0 aliphatic heterocycles. The fourth-order valence-corrected chi connectivity index (χ4v) is 3.03. The van der Waals surface area contributed by atoms with E-state index in [4.69, 9.17) is 16.3 Å². The number of halogens is 1. The molecule has 1 aliphatic rings. The lowest BCUT2D eigenvalue weighted by Gasteiger charge is -2.24. The highest BCUT2D eigenvalue weighted by Gasteiger charge is 2.27. The first kappa shape index (κ1) is 15.3. The lowest BCUT2D eigenvalue weighted by molar-refractivity contribution is 0.00628. The van der Waals surface area contributed by atoms with E-state index in [1.54, 1.807) is 7.11 Å². The Bertz CT molecular complexity index is 597. The number of rotatable bonds is 4. The van der Waals surface area contributed by atoms with Crippen molar-refractivity contribution in [3.63, 3.8) is 0 Å². The lowest BCUT2D eigenvalue weighted by Crippen LogP contribution is -2.44. The zero-order chi connectivity index (χ0) is 14.9. The lowest BCUT2D eigenvalue weighted by atomic mass is 10.0. The molecule has 0 aromatic carbocycles. The number of aromatic amines is 1. The molecule has 0 atom stereocenters. The summed E-state index contributed by atoms with van der Waals surface area (Å²) in [6.45, 7) is 3.88. The number of methoxy groups -OCH3 is 1. The van der Waals surface area contributed by atoms with Crippen molar-refractivity contribution in [1.82, 2.24) is 9.55 Å². The molecule has 0 bridgehead atoms. The van der Waals surface area contributed by atoms with Crippen LogP contribution in [-0.4, -0.2) is 22.3 Å². The minimum Gasteiger partial charge on any atom is -0.377 e. The summed E-state index contributed by atoms with van der Waals surface area (Å²) >= 11 is 6.09. The molecule has 1 N–H and O–H groups in total. The molecule has 0 amide bonds. The first-order valence-electron chi connectivity index (χ1n) is 6.93. The van der Waals surface area contributed by atoms with Crippen LogP contribution in [0.5, 0.6) is 0 Å². The monoisotopic (exact) mass is 300 g/mol. The number of ether oxygens (including phenoxy) is 1. The Kier molecular flexibility index (Phi) is 4.39. The maximum atomic E-state index is 12.6. The summed E-state index contributed by atoms with van der Waals surface area (Å²) < 4.78 is 6.50. The van der Waals surface area contributed by atoms with Gasteiger partial charge >= 0.3 is 5.69 Å². The smallest absolute Gasteiger partial charge is 0.329 e. The number of aromatic nitrogens is 2. The average molecular weight is 301 g/mol. The molecule has 1 saturated carbocycles. The highest BCUT2D eigenvalue weighted by molar-refractivity contribution is 6.30. The fourth-order valence-electron chi connectivity index (χ4n) is 2.72. The maximum absolute atomic E-state index is 12.6. The van der Waals surface area contributed by atoms with Gasteiger partial charge in [-0.2, -0.15) is 0 Å². The van der Waals surface area contributed by atoms with Crippen LogP contribution in [0.2, 0.25) is 5.15 Å². The van der Waals surface area contributed by atoms with Gasteiger partial charge in [0.2, 0.25) is 0 Å². The molecular weight excluding hydrogens is 280 g/mol. The highest BCUT2D eigenvalue weighted by atomic mass is 35.5. The zero-order valence-electron chi connectivity index (χ0n) is 12.2. The molecule has 6 heteroatoms. The maximum Gasteiger partial charge on any atom is 0.329 e. The molecule has 0 spiro atoms. The van der Waals surface area contributed by atoms with Crippen molar-refractivity contribution in [1.29, 1.82) is 0 Å². The Hall–Kier alpha value is -1.07. The number of nitrogens with zero attached hydrogens (tertiary/aromatic N) is 1. The van der Waals surface area contributed by atoms with E-state index in [2.05, 4.69) is 4.98 Å². The van der Waals surface area contributed by atoms with E-state index in [1.807, 2.05) is 13.8 Å². The van der Waals surface area contributed by atoms with Gasteiger partial charge in [-0.1, -0.05) is 24.4 Å². The topological polar surface area (TPSA) is 64.1 Å². The van der Waals surface area contributed by atoms with Crippen molar-refractivity contribution >= 4 is 11.6 Å². The molecule has 1 aromatic rings. The van der Waals surface area contributed by atoms with E-state index in [1.165, 1.54) is 4.57 Å². The molecular formula is C14H21ClN2O3. The molecule has 0 unspecified atom stereocenters. The number of hydrogen-bond acceptors (Lipinski definition) is 3. The van der Waals surface area contributed by atoms with Crippen LogP contribution in [0.25, 0.3) is 0 Å². The Balaban J connectivity index is 2.50. The van der Waals surface area contributed by atoms with Gasteiger partial charge in [0.15, 0.2) is 0 Å². The molecule has 5 nitrogen and oxygen atoms in total. The fraction of sp³-hybridized carbons (Fsp3) is 0.714. The van der Waals surface area contributed by atoms with Crippen LogP contribution in [0, 0.1) is 0 Å². The molecule has 0 saturated heterocycles. The van der Waals surface area contributed by atoms with Gasteiger partial charge in [-0.05, 0) is 32.6 Å². The van der Waals surface area contributed by atoms with Crippen molar-refractivity contribution in [3.8, 4) is 0 Å². The van der Waals surface area contributed by atoms with Gasteiger partial charge in [0.05, 0.1) is 17.7 Å². The van der Waals surface area contributed by atoms with Gasteiger partial charge < -0.3 is 4.74 Å². The molecule has 0 radical (unpaired) electrons. The molecule has 1 aliphatic carbocycles. The summed E-state index contributed by atoms with van der Waals surface area (Å²) in [5.74, 6) is 0.156. The summed E-state index contributed by atoms with van der Waals surface area (Å²) in [5, 5.41) is 0.193. The summed E-state index contributed by atoms with van der Waals surface area (Å²) in [4.78, 5) is 27.2. The Morgan fingerprint density at radius 3 is 2.50 bits per heavy atom.